The summed E-state index contributed by atoms with van der Waals surface area (Å²) in [6.45, 7) is 2.98. The van der Waals surface area contributed by atoms with E-state index in [1.54, 1.807) is 32.2 Å². The molecule has 0 fully saturated rings. The third-order valence-corrected chi connectivity index (χ3v) is 7.87. The van der Waals surface area contributed by atoms with Crippen LogP contribution in [0.25, 0.3) is 0 Å². The number of aryl methyl sites for hydroxylation is 1. The second-order valence-corrected chi connectivity index (χ2v) is 11.0. The normalized spacial score (nSPS) is 13.8. The van der Waals surface area contributed by atoms with Gasteiger partial charge in [0.05, 0.1) is 23.0 Å². The average molecular weight is 553 g/mol. The summed E-state index contributed by atoms with van der Waals surface area (Å²) < 4.78 is 25.1. The second kappa shape index (κ2) is 11.9. The van der Waals surface area contributed by atoms with Crippen LogP contribution in [0.1, 0.15) is 16.7 Å². The molecule has 1 aliphatic heterocycles. The van der Waals surface area contributed by atoms with Gasteiger partial charge < -0.3 is 10.0 Å². The zero-order chi connectivity index (χ0) is 26.5. The smallest absolute Gasteiger partial charge is 0.413 e. The van der Waals surface area contributed by atoms with Crippen LogP contribution in [0.2, 0.25) is 10.0 Å². The van der Waals surface area contributed by atoms with Gasteiger partial charge in [0.1, 0.15) is 11.7 Å². The Morgan fingerprint density at radius 1 is 1.19 bits per heavy atom. The number of hydrogen-bond donors (Lipinski definition) is 2. The number of nitrogens with zero attached hydrogens (tertiary/aromatic N) is 3. The minimum atomic E-state index is -3.68. The van der Waals surface area contributed by atoms with Crippen molar-refractivity contribution in [1.29, 1.82) is 0 Å². The Kier molecular flexibility index (Phi) is 9.13. The van der Waals surface area contributed by atoms with Crippen LogP contribution in [0.5, 0.6) is 0 Å². The first-order valence-corrected chi connectivity index (χ1v) is 13.4. The highest BCUT2D eigenvalue weighted by atomic mass is 35.5. The Morgan fingerprint density at radius 2 is 1.89 bits per heavy atom. The summed E-state index contributed by atoms with van der Waals surface area (Å²) in [4.78, 5) is 30.7. The lowest BCUT2D eigenvalue weighted by atomic mass is 10.1. The molecule has 0 aliphatic carbocycles. The number of halogens is 2. The number of carboxylic acid groups (broad SMARTS) is 1. The average Bonchev–Trinajstić information content (AvgIpc) is 3.32. The molecule has 2 amide bonds. The summed E-state index contributed by atoms with van der Waals surface area (Å²) in [5, 5.41) is 12.5. The van der Waals surface area contributed by atoms with Crippen LogP contribution in [0, 0.1) is 6.92 Å². The number of carbonyl (C=O) groups excluding carboxylic acids is 1. The molecule has 2 aromatic carbocycles. The van der Waals surface area contributed by atoms with Gasteiger partial charge in [-0.25, -0.2) is 13.2 Å². The molecule has 3 rings (SSSR count). The molecule has 36 heavy (non-hydrogen) atoms. The lowest BCUT2D eigenvalue weighted by Crippen LogP contribution is -2.33. The van der Waals surface area contributed by atoms with Gasteiger partial charge in [-0.3, -0.25) is 20.0 Å². The van der Waals surface area contributed by atoms with Crippen LogP contribution >= 0.6 is 23.2 Å². The first kappa shape index (κ1) is 27.7. The molecule has 0 aromatic heterocycles. The van der Waals surface area contributed by atoms with E-state index in [1.807, 2.05) is 12.1 Å². The van der Waals surface area contributed by atoms with Gasteiger partial charge in [0.25, 0.3) is 0 Å². The van der Waals surface area contributed by atoms with Gasteiger partial charge >= 0.3 is 6.09 Å². The SMILES string of the molecule is Cc1cc(S(=O)(=O)CNC/C=C/C(=O)N(C)Cc2ccc(C3=NCCN3C(=O)O)cc2)c(Cl)cc1Cl. The van der Waals surface area contributed by atoms with Crippen molar-refractivity contribution in [1.82, 2.24) is 15.1 Å². The summed E-state index contributed by atoms with van der Waals surface area (Å²) in [6.07, 6.45) is 1.87. The van der Waals surface area contributed by atoms with Crippen molar-refractivity contribution in [3.8, 4) is 0 Å². The highest BCUT2D eigenvalue weighted by Gasteiger charge is 2.24. The number of sulfone groups is 1. The Bertz CT molecular complexity index is 1310. The number of nitrogens with one attached hydrogen (secondary N) is 1. The number of likely N-dealkylation sites (N-methyl/N-ethyl adjacent to an activating group) is 1. The predicted molar refractivity (Wildman–Crippen MR) is 139 cm³/mol. The molecule has 0 unspecified atom stereocenters. The number of hydrogen-bond acceptors (Lipinski definition) is 6. The minimum Gasteiger partial charge on any atom is -0.465 e. The molecule has 2 N–H and O–H groups in total. The monoisotopic (exact) mass is 552 g/mol. The lowest BCUT2D eigenvalue weighted by molar-refractivity contribution is -0.125. The van der Waals surface area contributed by atoms with Crippen LogP contribution < -0.4 is 5.32 Å². The Balaban J connectivity index is 1.49. The largest absolute Gasteiger partial charge is 0.465 e. The van der Waals surface area contributed by atoms with Gasteiger partial charge in [0, 0.05) is 36.8 Å². The molecule has 0 saturated carbocycles. The lowest BCUT2D eigenvalue weighted by Gasteiger charge is -2.17. The van der Waals surface area contributed by atoms with Gasteiger partial charge in [-0.1, -0.05) is 53.5 Å². The van der Waals surface area contributed by atoms with E-state index >= 15 is 0 Å². The molecular weight excluding hydrogens is 527 g/mol. The van der Waals surface area contributed by atoms with Gasteiger partial charge in [-0.05, 0) is 30.2 Å². The maximum Gasteiger partial charge on any atom is 0.413 e. The Hall–Kier alpha value is -2.92. The van der Waals surface area contributed by atoms with E-state index in [2.05, 4.69) is 10.3 Å². The van der Waals surface area contributed by atoms with E-state index in [9.17, 15) is 23.1 Å². The third-order valence-electron chi connectivity index (χ3n) is 5.44. The number of amides is 2. The van der Waals surface area contributed by atoms with Crippen LogP contribution in [0.15, 0.2) is 58.4 Å². The minimum absolute atomic E-state index is 0.0000426. The van der Waals surface area contributed by atoms with Crippen molar-refractivity contribution >= 4 is 50.9 Å². The topological polar surface area (TPSA) is 119 Å². The van der Waals surface area contributed by atoms with Crippen molar-refractivity contribution in [2.45, 2.75) is 18.4 Å². The molecule has 192 valence electrons. The third kappa shape index (κ3) is 6.85. The van der Waals surface area contributed by atoms with Gasteiger partial charge in [0.15, 0.2) is 9.84 Å². The molecule has 1 aliphatic rings. The van der Waals surface area contributed by atoms with Crippen LogP contribution in [-0.2, 0) is 21.2 Å². The van der Waals surface area contributed by atoms with E-state index < -0.39 is 15.9 Å². The molecule has 12 heteroatoms. The first-order valence-electron chi connectivity index (χ1n) is 10.9. The van der Waals surface area contributed by atoms with Gasteiger partial charge in [0.2, 0.25) is 5.91 Å². The zero-order valence-corrected chi connectivity index (χ0v) is 22.1. The highest BCUT2D eigenvalue weighted by molar-refractivity contribution is 7.91. The zero-order valence-electron chi connectivity index (χ0n) is 19.7. The quantitative estimate of drug-likeness (QED) is 0.362. The highest BCUT2D eigenvalue weighted by Crippen LogP contribution is 2.28. The molecule has 1 heterocycles. The van der Waals surface area contributed by atoms with Gasteiger partial charge in [-0.15, -0.1) is 0 Å². The molecule has 0 atom stereocenters. The Labute approximate surface area is 219 Å². The fourth-order valence-electron chi connectivity index (χ4n) is 3.50. The maximum atomic E-state index is 12.6. The molecule has 0 saturated heterocycles. The number of carbonyl (C=O) groups is 2. The first-order chi connectivity index (χ1) is 17.0. The Morgan fingerprint density at radius 3 is 2.56 bits per heavy atom. The summed E-state index contributed by atoms with van der Waals surface area (Å²) in [6, 6.07) is 10.0. The van der Waals surface area contributed by atoms with Crippen LogP contribution in [-0.4, -0.2) is 73.7 Å². The van der Waals surface area contributed by atoms with Gasteiger partial charge in [-0.2, -0.15) is 0 Å². The van der Waals surface area contributed by atoms with E-state index in [4.69, 9.17) is 23.2 Å². The molecular formula is C24H26Cl2N4O5S. The van der Waals surface area contributed by atoms with E-state index in [1.165, 1.54) is 28.0 Å². The fourth-order valence-corrected chi connectivity index (χ4v) is 5.49. The second-order valence-electron chi connectivity index (χ2n) is 8.18. The molecule has 9 nitrogen and oxygen atoms in total. The van der Waals surface area contributed by atoms with Crippen LogP contribution in [0.3, 0.4) is 0 Å². The van der Waals surface area contributed by atoms with Crippen molar-refractivity contribution in [3.63, 3.8) is 0 Å². The van der Waals surface area contributed by atoms with Crippen molar-refractivity contribution in [2.24, 2.45) is 4.99 Å². The molecule has 2 aromatic rings. The summed E-state index contributed by atoms with van der Waals surface area (Å²) in [5.41, 5.74) is 2.17. The van der Waals surface area contributed by atoms with Crippen LogP contribution in [0.4, 0.5) is 4.79 Å². The number of aliphatic imine (C=N–C) groups is 1. The number of benzene rings is 2. The summed E-state index contributed by atoms with van der Waals surface area (Å²) in [5.74, 6) is -0.180. The van der Waals surface area contributed by atoms with E-state index in [-0.39, 0.29) is 28.2 Å². The van der Waals surface area contributed by atoms with Crippen molar-refractivity contribution in [2.75, 3.05) is 32.6 Å². The number of rotatable bonds is 9. The molecule has 0 radical (unpaired) electrons. The maximum absolute atomic E-state index is 12.6. The molecule has 0 bridgehead atoms. The van der Waals surface area contributed by atoms with E-state index in [0.29, 0.717) is 41.6 Å². The van der Waals surface area contributed by atoms with Crippen molar-refractivity contribution in [3.05, 3.63) is 75.3 Å². The standard InChI is InChI=1S/C24H26Cl2N4O5S/c1-16-12-21(20(26)13-19(16)25)36(34,35)15-27-9-3-4-22(31)29(2)14-17-5-7-18(8-6-17)23-28-10-11-30(23)24(32)33/h3-8,12-13,27H,9-11,14-15H2,1-2H3,(H,32,33)/b4-3+. The summed E-state index contributed by atoms with van der Waals surface area (Å²) in [7, 11) is -2.03. The van der Waals surface area contributed by atoms with E-state index in [0.717, 1.165) is 5.56 Å². The fraction of sp³-hybridized carbons (Fsp3) is 0.292. The predicted octanol–water partition coefficient (Wildman–Crippen LogP) is 3.58. The number of amidine groups is 1. The summed E-state index contributed by atoms with van der Waals surface area (Å²) >= 11 is 12.0. The molecule has 0 spiro atoms. The van der Waals surface area contributed by atoms with Crippen molar-refractivity contribution < 1.29 is 23.1 Å².